The first-order valence-electron chi connectivity index (χ1n) is 11.2. The van der Waals surface area contributed by atoms with Crippen LogP contribution in [0.25, 0.3) is 21.9 Å². The summed E-state index contributed by atoms with van der Waals surface area (Å²) in [6.45, 7) is 4.85. The van der Waals surface area contributed by atoms with E-state index in [2.05, 4.69) is 15.3 Å². The van der Waals surface area contributed by atoms with Gasteiger partial charge in [-0.15, -0.1) is 0 Å². The van der Waals surface area contributed by atoms with E-state index in [1.54, 1.807) is 18.3 Å². The number of nitrogen functional groups attached to an aromatic ring is 1. The van der Waals surface area contributed by atoms with Crippen LogP contribution in [0.5, 0.6) is 5.88 Å². The SMILES string of the molecule is CC[C@]1(O)C[C@@H](N(C(=O)O)c2cc3cc(-c4cnc5c(c4C)NCCO5)c(F)c(N)c3cn2)C1. The highest BCUT2D eigenvalue weighted by molar-refractivity contribution is 6.00. The summed E-state index contributed by atoms with van der Waals surface area (Å²) in [6.07, 6.45) is 3.00. The lowest BCUT2D eigenvalue weighted by Crippen LogP contribution is -2.56. The molecule has 0 unspecified atom stereocenters. The normalized spacial score (nSPS) is 21.2. The molecule has 1 saturated carbocycles. The second-order valence-corrected chi connectivity index (χ2v) is 8.96. The molecule has 1 aliphatic heterocycles. The highest BCUT2D eigenvalue weighted by Gasteiger charge is 2.46. The van der Waals surface area contributed by atoms with Gasteiger partial charge in [-0.3, -0.25) is 4.90 Å². The Morgan fingerprint density at radius 3 is 2.79 bits per heavy atom. The highest BCUT2D eigenvalue weighted by Crippen LogP contribution is 2.42. The third kappa shape index (κ3) is 3.45. The monoisotopic (exact) mass is 467 g/mol. The molecule has 3 heterocycles. The summed E-state index contributed by atoms with van der Waals surface area (Å²) in [4.78, 5) is 21.8. The van der Waals surface area contributed by atoms with Gasteiger partial charge in [-0.1, -0.05) is 6.92 Å². The molecule has 34 heavy (non-hydrogen) atoms. The Labute approximate surface area is 195 Å². The van der Waals surface area contributed by atoms with E-state index >= 15 is 4.39 Å². The van der Waals surface area contributed by atoms with Crippen molar-refractivity contribution < 1.29 is 24.1 Å². The van der Waals surface area contributed by atoms with Crippen LogP contribution >= 0.6 is 0 Å². The summed E-state index contributed by atoms with van der Waals surface area (Å²) in [5.41, 5.74) is 7.52. The molecule has 0 spiro atoms. The number of halogens is 1. The summed E-state index contributed by atoms with van der Waals surface area (Å²) in [6, 6.07) is 2.84. The molecule has 0 atom stereocenters. The number of anilines is 3. The molecule has 0 saturated heterocycles. The molecule has 5 rings (SSSR count). The van der Waals surface area contributed by atoms with Crippen molar-refractivity contribution in [1.82, 2.24) is 9.97 Å². The maximum absolute atomic E-state index is 15.4. The molecule has 1 aromatic carbocycles. The van der Waals surface area contributed by atoms with Crippen LogP contribution in [0.2, 0.25) is 0 Å². The third-order valence-corrected chi connectivity index (χ3v) is 6.93. The van der Waals surface area contributed by atoms with E-state index in [9.17, 15) is 15.0 Å². The zero-order valence-corrected chi connectivity index (χ0v) is 18.9. The molecule has 10 heteroatoms. The van der Waals surface area contributed by atoms with E-state index in [4.69, 9.17) is 10.5 Å². The first-order valence-corrected chi connectivity index (χ1v) is 11.2. The number of amides is 1. The highest BCUT2D eigenvalue weighted by atomic mass is 19.1. The second kappa shape index (κ2) is 7.98. The lowest BCUT2D eigenvalue weighted by atomic mass is 9.73. The summed E-state index contributed by atoms with van der Waals surface area (Å²) >= 11 is 0. The molecule has 178 valence electrons. The summed E-state index contributed by atoms with van der Waals surface area (Å²) in [5.74, 6) is 0.0824. The van der Waals surface area contributed by atoms with Gasteiger partial charge in [0, 0.05) is 41.5 Å². The van der Waals surface area contributed by atoms with Gasteiger partial charge < -0.3 is 26.0 Å². The number of ether oxygens (including phenoxy) is 1. The molecular formula is C24H26FN5O4. The van der Waals surface area contributed by atoms with Crippen LogP contribution in [0.4, 0.5) is 26.4 Å². The lowest BCUT2D eigenvalue weighted by molar-refractivity contribution is -0.0500. The van der Waals surface area contributed by atoms with Crippen molar-refractivity contribution in [1.29, 1.82) is 0 Å². The van der Waals surface area contributed by atoms with Gasteiger partial charge in [-0.05, 0) is 49.3 Å². The topological polar surface area (TPSA) is 134 Å². The van der Waals surface area contributed by atoms with E-state index < -0.39 is 17.5 Å². The quantitative estimate of drug-likeness (QED) is 0.424. The number of hydrogen-bond donors (Lipinski definition) is 4. The van der Waals surface area contributed by atoms with Gasteiger partial charge in [0.15, 0.2) is 5.82 Å². The maximum Gasteiger partial charge on any atom is 0.413 e. The molecule has 3 aromatic rings. The molecule has 1 fully saturated rings. The minimum atomic E-state index is -1.16. The molecule has 5 N–H and O–H groups in total. The van der Waals surface area contributed by atoms with Crippen molar-refractivity contribution in [3.63, 3.8) is 0 Å². The van der Waals surface area contributed by atoms with Gasteiger partial charge >= 0.3 is 6.09 Å². The predicted molar refractivity (Wildman–Crippen MR) is 127 cm³/mol. The smallest absolute Gasteiger partial charge is 0.413 e. The zero-order valence-electron chi connectivity index (χ0n) is 18.9. The number of rotatable bonds is 4. The summed E-state index contributed by atoms with van der Waals surface area (Å²) in [5, 5.41) is 24.4. The Bertz CT molecular complexity index is 1310. The predicted octanol–water partition coefficient (Wildman–Crippen LogP) is 3.92. The van der Waals surface area contributed by atoms with Crippen LogP contribution in [-0.2, 0) is 0 Å². The van der Waals surface area contributed by atoms with Crippen molar-refractivity contribution >= 4 is 34.1 Å². The van der Waals surface area contributed by atoms with Crippen LogP contribution < -0.4 is 20.7 Å². The maximum atomic E-state index is 15.4. The number of aliphatic hydroxyl groups is 1. The van der Waals surface area contributed by atoms with Crippen molar-refractivity contribution in [2.24, 2.45) is 0 Å². The summed E-state index contributed by atoms with van der Waals surface area (Å²) in [7, 11) is 0. The third-order valence-electron chi connectivity index (χ3n) is 6.93. The second-order valence-electron chi connectivity index (χ2n) is 8.96. The van der Waals surface area contributed by atoms with Gasteiger partial charge in [0.2, 0.25) is 5.88 Å². The number of pyridine rings is 2. The molecule has 1 aliphatic carbocycles. The van der Waals surface area contributed by atoms with Crippen molar-refractivity contribution in [3.05, 3.63) is 35.9 Å². The van der Waals surface area contributed by atoms with Crippen molar-refractivity contribution in [3.8, 4) is 17.0 Å². The number of nitrogens with zero attached hydrogens (tertiary/aromatic N) is 3. The molecule has 1 amide bonds. The number of fused-ring (bicyclic) bond motifs is 2. The Kier molecular flexibility index (Phi) is 5.20. The van der Waals surface area contributed by atoms with Crippen LogP contribution in [0.15, 0.2) is 24.5 Å². The minimum absolute atomic E-state index is 0.0706. The number of hydrogen-bond acceptors (Lipinski definition) is 7. The van der Waals surface area contributed by atoms with Gasteiger partial charge in [-0.2, -0.15) is 0 Å². The average Bonchev–Trinajstić information content (AvgIpc) is 2.80. The Balaban J connectivity index is 1.60. The molecule has 2 aliphatic rings. The van der Waals surface area contributed by atoms with Gasteiger partial charge in [-0.25, -0.2) is 19.2 Å². The number of nitrogens with one attached hydrogen (secondary N) is 1. The van der Waals surface area contributed by atoms with Crippen LogP contribution in [0, 0.1) is 12.7 Å². The Morgan fingerprint density at radius 1 is 1.32 bits per heavy atom. The molecule has 9 nitrogen and oxygen atoms in total. The zero-order chi connectivity index (χ0) is 24.2. The first kappa shape index (κ1) is 22.1. The van der Waals surface area contributed by atoms with E-state index in [0.29, 0.717) is 60.3 Å². The van der Waals surface area contributed by atoms with E-state index in [0.717, 1.165) is 10.5 Å². The fourth-order valence-corrected chi connectivity index (χ4v) is 4.84. The molecule has 0 bridgehead atoms. The number of aromatic nitrogens is 2. The van der Waals surface area contributed by atoms with E-state index in [-0.39, 0.29) is 23.1 Å². The van der Waals surface area contributed by atoms with Gasteiger partial charge in [0.05, 0.1) is 11.3 Å². The largest absolute Gasteiger partial charge is 0.474 e. The van der Waals surface area contributed by atoms with Crippen molar-refractivity contribution in [2.45, 2.75) is 44.8 Å². The molecular weight excluding hydrogens is 441 g/mol. The number of benzene rings is 1. The van der Waals surface area contributed by atoms with Crippen LogP contribution in [0.3, 0.4) is 0 Å². The first-order chi connectivity index (χ1) is 16.2. The lowest BCUT2D eigenvalue weighted by Gasteiger charge is -2.46. The Hall–Kier alpha value is -3.66. The van der Waals surface area contributed by atoms with E-state index in [1.807, 2.05) is 13.8 Å². The average molecular weight is 468 g/mol. The molecule has 0 radical (unpaired) electrons. The van der Waals surface area contributed by atoms with Crippen LogP contribution in [0.1, 0.15) is 31.7 Å². The number of nitrogens with two attached hydrogens (primary N) is 1. The van der Waals surface area contributed by atoms with Crippen LogP contribution in [-0.4, -0.2) is 51.1 Å². The minimum Gasteiger partial charge on any atom is -0.474 e. The number of carboxylic acid groups (broad SMARTS) is 1. The fraction of sp³-hybridized carbons (Fsp3) is 0.375. The van der Waals surface area contributed by atoms with Gasteiger partial charge in [0.25, 0.3) is 0 Å². The van der Waals surface area contributed by atoms with E-state index in [1.165, 1.54) is 6.20 Å². The number of carbonyl (C=O) groups is 1. The fourth-order valence-electron chi connectivity index (χ4n) is 4.84. The van der Waals surface area contributed by atoms with Crippen molar-refractivity contribution in [2.75, 3.05) is 29.1 Å². The van der Waals surface area contributed by atoms with Gasteiger partial charge in [0.1, 0.15) is 18.1 Å². The Morgan fingerprint density at radius 2 is 2.09 bits per heavy atom. The summed E-state index contributed by atoms with van der Waals surface area (Å²) < 4.78 is 20.9. The standard InChI is InChI=1S/C24H26FN5O4/c1-3-24(33)8-14(9-24)30(23(31)32)18-7-13-6-15(19(25)20(26)17(13)11-28-18)16-10-29-22-21(12(16)2)27-4-5-34-22/h6-7,10-11,14,27,33H,3-5,8-9,26H2,1-2H3,(H,31,32)/t14-,24+. The molecule has 2 aromatic heterocycles.